The summed E-state index contributed by atoms with van der Waals surface area (Å²) in [7, 11) is 1.65. The van der Waals surface area contributed by atoms with Crippen LogP contribution in [-0.4, -0.2) is 18.1 Å². The molecule has 7 heteroatoms. The van der Waals surface area contributed by atoms with Crippen molar-refractivity contribution in [2.24, 2.45) is 5.73 Å². The van der Waals surface area contributed by atoms with Crippen molar-refractivity contribution in [1.82, 2.24) is 4.98 Å². The van der Waals surface area contributed by atoms with Gasteiger partial charge in [0.25, 0.3) is 0 Å². The molecule has 2 amide bonds. The Morgan fingerprint density at radius 3 is 2.59 bits per heavy atom. The number of nitrogens with two attached hydrogens (primary N) is 1. The van der Waals surface area contributed by atoms with Gasteiger partial charge in [-0.2, -0.15) is 0 Å². The first-order valence-corrected chi connectivity index (χ1v) is 9.58. The van der Waals surface area contributed by atoms with Gasteiger partial charge < -0.3 is 11.1 Å². The maximum absolute atomic E-state index is 11.3. The first-order chi connectivity index (χ1) is 13.5. The predicted octanol–water partition coefficient (Wildman–Crippen LogP) is 5.57. The fraction of sp³-hybridized carbons (Fsp3) is 0.182. The van der Waals surface area contributed by atoms with Crippen molar-refractivity contribution < 1.29 is 4.79 Å². The largest absolute Gasteiger partial charge is 0.355 e. The van der Waals surface area contributed by atoms with Gasteiger partial charge in [0.15, 0.2) is 0 Å². The van der Waals surface area contributed by atoms with Crippen molar-refractivity contribution in [3.8, 4) is 11.3 Å². The fourth-order valence-corrected chi connectivity index (χ4v) is 3.69. The highest BCUT2D eigenvalue weighted by Gasteiger charge is 2.19. The lowest BCUT2D eigenvalue weighted by atomic mass is 10.1. The Labute approximate surface area is 181 Å². The van der Waals surface area contributed by atoms with Crippen LogP contribution in [0, 0.1) is 0 Å². The lowest BCUT2D eigenvalue weighted by Gasteiger charge is -2.16. The van der Waals surface area contributed by atoms with Gasteiger partial charge in [0.1, 0.15) is 0 Å². The number of carbonyl (C=O) groups excluding carboxylic acids is 1. The lowest BCUT2D eigenvalue weighted by molar-refractivity contribution is 0.255. The Kier molecular flexibility index (Phi) is 6.30. The third-order valence-electron chi connectivity index (χ3n) is 5.03. The summed E-state index contributed by atoms with van der Waals surface area (Å²) in [5, 5.41) is 4.21. The Bertz CT molecular complexity index is 1040. The van der Waals surface area contributed by atoms with Gasteiger partial charge in [0.2, 0.25) is 0 Å². The predicted molar refractivity (Wildman–Crippen MR) is 122 cm³/mol. The number of aromatic nitrogens is 1. The van der Waals surface area contributed by atoms with Crippen LogP contribution in [0.2, 0.25) is 5.02 Å². The molecule has 29 heavy (non-hydrogen) atoms. The number of amides is 2. The molecule has 3 aromatic rings. The lowest BCUT2D eigenvalue weighted by Crippen LogP contribution is -2.31. The van der Waals surface area contributed by atoms with Crippen molar-refractivity contribution in [3.05, 3.63) is 70.9 Å². The second-order valence-electron chi connectivity index (χ2n) is 6.91. The Balaban J connectivity index is 0.00000240. The number of primary amides is 1. The molecular formula is C22H22Cl2N4O. The summed E-state index contributed by atoms with van der Waals surface area (Å²) < 4.78 is 0. The minimum absolute atomic E-state index is 0. The summed E-state index contributed by atoms with van der Waals surface area (Å²) in [5.41, 5.74) is 12.4. The molecule has 4 rings (SSSR count). The van der Waals surface area contributed by atoms with Gasteiger partial charge in [-0.15, -0.1) is 12.4 Å². The van der Waals surface area contributed by atoms with Gasteiger partial charge in [0.05, 0.1) is 5.69 Å². The Hall–Kier alpha value is -2.76. The zero-order chi connectivity index (χ0) is 19.7. The van der Waals surface area contributed by atoms with Crippen LogP contribution in [0.5, 0.6) is 0 Å². The number of carbonyl (C=O) groups is 1. The van der Waals surface area contributed by atoms with Crippen LogP contribution in [0.3, 0.4) is 0 Å². The summed E-state index contributed by atoms with van der Waals surface area (Å²) in [5.74, 6) is 0. The number of rotatable bonds is 4. The zero-order valence-corrected chi connectivity index (χ0v) is 17.6. The molecule has 0 aliphatic heterocycles. The average Bonchev–Trinajstić information content (AvgIpc) is 3.17. The molecule has 0 fully saturated rings. The normalized spacial score (nSPS) is 12.1. The van der Waals surface area contributed by atoms with Gasteiger partial charge in [-0.1, -0.05) is 23.7 Å². The van der Waals surface area contributed by atoms with Crippen LogP contribution in [0.25, 0.3) is 11.3 Å². The van der Waals surface area contributed by atoms with Crippen LogP contribution in [0.4, 0.5) is 21.9 Å². The highest BCUT2D eigenvalue weighted by Crippen LogP contribution is 2.34. The van der Waals surface area contributed by atoms with Gasteiger partial charge in [-0.3, -0.25) is 9.88 Å². The number of hydrogen-bond donors (Lipinski definition) is 2. The molecule has 3 N–H and O–H groups in total. The Morgan fingerprint density at radius 2 is 1.90 bits per heavy atom. The molecule has 0 spiro atoms. The first-order valence-electron chi connectivity index (χ1n) is 9.20. The minimum Gasteiger partial charge on any atom is -0.355 e. The maximum atomic E-state index is 11.3. The monoisotopic (exact) mass is 428 g/mol. The number of fused-ring (bicyclic) bond motifs is 1. The number of nitrogens with one attached hydrogen (secondary N) is 1. The molecule has 0 saturated carbocycles. The molecule has 1 aliphatic rings. The van der Waals surface area contributed by atoms with E-state index in [0.29, 0.717) is 5.02 Å². The number of aryl methyl sites for hydroxylation is 1. The Morgan fingerprint density at radius 1 is 1.14 bits per heavy atom. The second kappa shape index (κ2) is 8.72. The van der Waals surface area contributed by atoms with Crippen LogP contribution in [-0.2, 0) is 12.8 Å². The second-order valence-corrected chi connectivity index (χ2v) is 7.35. The third-order valence-corrected chi connectivity index (χ3v) is 5.27. The molecule has 0 saturated heterocycles. The summed E-state index contributed by atoms with van der Waals surface area (Å²) >= 11 is 6.16. The van der Waals surface area contributed by atoms with E-state index >= 15 is 0 Å². The molecular weight excluding hydrogens is 407 g/mol. The molecule has 0 bridgehead atoms. The minimum atomic E-state index is -0.487. The van der Waals surface area contributed by atoms with Crippen molar-refractivity contribution >= 4 is 47.1 Å². The van der Waals surface area contributed by atoms with Crippen molar-refractivity contribution in [2.75, 3.05) is 17.3 Å². The van der Waals surface area contributed by atoms with Gasteiger partial charge in [-0.05, 0) is 67.3 Å². The van der Waals surface area contributed by atoms with Crippen molar-refractivity contribution in [3.63, 3.8) is 0 Å². The number of urea groups is 1. The van der Waals surface area contributed by atoms with E-state index in [0.717, 1.165) is 53.3 Å². The molecule has 2 aromatic carbocycles. The van der Waals surface area contributed by atoms with Crippen molar-refractivity contribution in [2.45, 2.75) is 19.3 Å². The molecule has 0 unspecified atom stereocenters. The maximum Gasteiger partial charge on any atom is 0.318 e. The standard InChI is InChI=1S/C22H21ClN4O.ClH/c1-27(22(24)28)17-10-8-16(9-11-17)25-21-13-20(14-4-2-5-15(23)12-14)26-19-7-3-6-18(19)21;/h2,4-5,8-13H,3,6-7H2,1H3,(H2,24,28)(H,25,26);1H. The topological polar surface area (TPSA) is 71.2 Å². The molecule has 0 atom stereocenters. The number of benzene rings is 2. The fourth-order valence-electron chi connectivity index (χ4n) is 3.50. The quantitative estimate of drug-likeness (QED) is 0.570. The van der Waals surface area contributed by atoms with E-state index in [2.05, 4.69) is 11.4 Å². The van der Waals surface area contributed by atoms with Crippen molar-refractivity contribution in [1.29, 1.82) is 0 Å². The van der Waals surface area contributed by atoms with E-state index in [1.807, 2.05) is 48.5 Å². The van der Waals surface area contributed by atoms with Crippen LogP contribution in [0.1, 0.15) is 17.7 Å². The van der Waals surface area contributed by atoms with E-state index in [4.69, 9.17) is 22.3 Å². The van der Waals surface area contributed by atoms with Gasteiger partial charge in [0, 0.05) is 40.4 Å². The highest BCUT2D eigenvalue weighted by molar-refractivity contribution is 6.30. The van der Waals surface area contributed by atoms with E-state index < -0.39 is 6.03 Å². The smallest absolute Gasteiger partial charge is 0.318 e. The first kappa shape index (κ1) is 21.0. The van der Waals surface area contributed by atoms with E-state index in [1.165, 1.54) is 10.5 Å². The molecule has 5 nitrogen and oxygen atoms in total. The summed E-state index contributed by atoms with van der Waals surface area (Å²) in [6, 6.07) is 17.0. The molecule has 150 valence electrons. The SMILES string of the molecule is CN(C(N)=O)c1ccc(Nc2cc(-c3cccc(Cl)c3)nc3c2CCC3)cc1.Cl. The average molecular weight is 429 g/mol. The van der Waals surface area contributed by atoms with Crippen LogP contribution >= 0.6 is 24.0 Å². The molecule has 1 heterocycles. The summed E-state index contributed by atoms with van der Waals surface area (Å²) in [6.45, 7) is 0. The number of pyridine rings is 1. The van der Waals surface area contributed by atoms with Gasteiger partial charge >= 0.3 is 6.03 Å². The third kappa shape index (κ3) is 4.47. The molecule has 1 aliphatic carbocycles. The van der Waals surface area contributed by atoms with E-state index in [1.54, 1.807) is 7.05 Å². The van der Waals surface area contributed by atoms with Gasteiger partial charge in [-0.25, -0.2) is 4.79 Å². The number of anilines is 3. The van der Waals surface area contributed by atoms with Crippen LogP contribution < -0.4 is 16.0 Å². The number of nitrogens with zero attached hydrogens (tertiary/aromatic N) is 2. The molecule has 1 aromatic heterocycles. The summed E-state index contributed by atoms with van der Waals surface area (Å²) in [6.07, 6.45) is 3.11. The van der Waals surface area contributed by atoms with Crippen LogP contribution in [0.15, 0.2) is 54.6 Å². The van der Waals surface area contributed by atoms with E-state index in [9.17, 15) is 4.79 Å². The highest BCUT2D eigenvalue weighted by atomic mass is 35.5. The number of hydrogen-bond acceptors (Lipinski definition) is 3. The zero-order valence-electron chi connectivity index (χ0n) is 16.0. The number of halogens is 2. The molecule has 0 radical (unpaired) electrons. The summed E-state index contributed by atoms with van der Waals surface area (Å²) in [4.78, 5) is 17.6. The van der Waals surface area contributed by atoms with E-state index in [-0.39, 0.29) is 12.4 Å².